The molecule has 0 atom stereocenters. The van der Waals surface area contributed by atoms with Crippen molar-refractivity contribution in [3.8, 4) is 22.6 Å². The zero-order valence-corrected chi connectivity index (χ0v) is 17.5. The molecule has 0 radical (unpaired) electrons. The van der Waals surface area contributed by atoms with E-state index in [1.807, 2.05) is 0 Å². The predicted molar refractivity (Wildman–Crippen MR) is 116 cm³/mol. The second-order valence-electron chi connectivity index (χ2n) is 7.44. The molecular formula is C23H16ClFN2O5. The minimum atomic E-state index is -1.26. The van der Waals surface area contributed by atoms with Gasteiger partial charge in [-0.1, -0.05) is 11.6 Å². The smallest absolute Gasteiger partial charge is 0.353 e. The lowest BCUT2D eigenvalue weighted by Gasteiger charge is -2.12. The molecule has 2 aromatic heterocycles. The Labute approximate surface area is 185 Å². The van der Waals surface area contributed by atoms with Gasteiger partial charge in [0.2, 0.25) is 6.79 Å². The number of carboxylic acid groups (broad SMARTS) is 1. The van der Waals surface area contributed by atoms with Crippen molar-refractivity contribution in [2.45, 2.75) is 13.5 Å². The number of hydrogen-bond acceptors (Lipinski definition) is 4. The number of nitrogens with zero attached hydrogens (tertiary/aromatic N) is 1. The number of hydrogen-bond donors (Lipinski definition) is 2. The maximum atomic E-state index is 14.6. The zero-order chi connectivity index (χ0) is 22.6. The average molecular weight is 455 g/mol. The highest BCUT2D eigenvalue weighted by Crippen LogP contribution is 2.39. The Balaban J connectivity index is 1.82. The number of halogens is 2. The first-order valence-electron chi connectivity index (χ1n) is 9.67. The molecule has 9 heteroatoms. The molecule has 1 aliphatic heterocycles. The molecule has 162 valence electrons. The minimum Gasteiger partial charge on any atom is -0.477 e. The summed E-state index contributed by atoms with van der Waals surface area (Å²) < 4.78 is 26.7. The summed E-state index contributed by atoms with van der Waals surface area (Å²) in [6.45, 7) is 1.66. The van der Waals surface area contributed by atoms with Gasteiger partial charge in [0.15, 0.2) is 11.5 Å². The van der Waals surface area contributed by atoms with E-state index in [2.05, 4.69) is 4.98 Å². The van der Waals surface area contributed by atoms with Crippen LogP contribution in [0.3, 0.4) is 0 Å². The first-order chi connectivity index (χ1) is 15.3. The van der Waals surface area contributed by atoms with E-state index in [0.29, 0.717) is 38.6 Å². The van der Waals surface area contributed by atoms with Gasteiger partial charge in [-0.2, -0.15) is 0 Å². The van der Waals surface area contributed by atoms with Crippen LogP contribution in [0.1, 0.15) is 21.6 Å². The Morgan fingerprint density at radius 2 is 2.00 bits per heavy atom. The summed E-state index contributed by atoms with van der Waals surface area (Å²) in [5.41, 5.74) is 1.03. The normalized spacial score (nSPS) is 12.5. The second kappa shape index (κ2) is 7.42. The van der Waals surface area contributed by atoms with Crippen molar-refractivity contribution < 1.29 is 23.8 Å². The number of benzene rings is 2. The first-order valence-corrected chi connectivity index (χ1v) is 10.0. The summed E-state index contributed by atoms with van der Waals surface area (Å²) in [5, 5.41) is 10.9. The van der Waals surface area contributed by atoms with E-state index in [0.717, 1.165) is 0 Å². The molecule has 0 unspecified atom stereocenters. The van der Waals surface area contributed by atoms with Gasteiger partial charge in [-0.05, 0) is 48.4 Å². The SMILES string of the molecule is Cc1cc2c(-c3ccc[nH]c3=O)c(C(=O)O)n(Cc3cc4c(cc3Cl)OCO4)c2cc1F. The third kappa shape index (κ3) is 3.11. The standard InChI is InChI=1S/C23H16ClFN2O5/c1-11-5-14-17(8-16(11)25)27(9-12-6-18-19(7-15(12)24)32-10-31-18)21(23(29)30)20(14)13-3-2-4-26-22(13)28/h2-8H,9-10H2,1H3,(H,26,28)(H,29,30). The molecule has 5 rings (SSSR count). The maximum absolute atomic E-state index is 14.6. The molecule has 3 heterocycles. The van der Waals surface area contributed by atoms with Gasteiger partial charge in [0.05, 0.1) is 12.1 Å². The van der Waals surface area contributed by atoms with Crippen molar-refractivity contribution in [3.05, 3.63) is 80.6 Å². The molecular weight excluding hydrogens is 439 g/mol. The zero-order valence-electron chi connectivity index (χ0n) is 16.7. The van der Waals surface area contributed by atoms with Crippen molar-refractivity contribution in [1.82, 2.24) is 9.55 Å². The summed E-state index contributed by atoms with van der Waals surface area (Å²) in [5.74, 6) is -0.764. The molecule has 32 heavy (non-hydrogen) atoms. The van der Waals surface area contributed by atoms with Crippen molar-refractivity contribution in [2.75, 3.05) is 6.79 Å². The number of nitrogens with one attached hydrogen (secondary N) is 1. The molecule has 1 aliphatic rings. The number of pyridine rings is 1. The predicted octanol–water partition coefficient (Wildman–Crippen LogP) is 4.57. The number of aryl methyl sites for hydroxylation is 1. The Bertz CT molecular complexity index is 1470. The fraction of sp³-hybridized carbons (Fsp3) is 0.130. The third-order valence-electron chi connectivity index (χ3n) is 5.50. The minimum absolute atomic E-state index is 0.0147. The van der Waals surface area contributed by atoms with Crippen LogP contribution in [0.5, 0.6) is 11.5 Å². The Morgan fingerprint density at radius 3 is 2.72 bits per heavy atom. The van der Waals surface area contributed by atoms with E-state index in [1.54, 1.807) is 31.2 Å². The summed E-state index contributed by atoms with van der Waals surface area (Å²) in [6, 6.07) is 9.24. The number of aromatic nitrogens is 2. The molecule has 0 fully saturated rings. The van der Waals surface area contributed by atoms with Gasteiger partial charge in [-0.3, -0.25) is 4.79 Å². The molecule has 0 amide bonds. The molecule has 0 saturated carbocycles. The number of carbonyl (C=O) groups is 1. The van der Waals surface area contributed by atoms with Crippen LogP contribution in [0.4, 0.5) is 4.39 Å². The Kier molecular flexibility index (Phi) is 4.67. The molecule has 4 aromatic rings. The summed E-state index contributed by atoms with van der Waals surface area (Å²) in [4.78, 5) is 27.5. The fourth-order valence-electron chi connectivity index (χ4n) is 4.01. The molecule has 0 aliphatic carbocycles. The van der Waals surface area contributed by atoms with Crippen molar-refractivity contribution in [2.24, 2.45) is 0 Å². The van der Waals surface area contributed by atoms with E-state index in [1.165, 1.54) is 22.9 Å². The van der Waals surface area contributed by atoms with Crippen molar-refractivity contribution in [1.29, 1.82) is 0 Å². The first kappa shape index (κ1) is 20.1. The number of ether oxygens (including phenoxy) is 2. The summed E-state index contributed by atoms with van der Waals surface area (Å²) >= 11 is 6.42. The van der Waals surface area contributed by atoms with Crippen LogP contribution in [0.15, 0.2) is 47.4 Å². The highest BCUT2D eigenvalue weighted by atomic mass is 35.5. The molecule has 0 bridgehead atoms. The molecule has 2 N–H and O–H groups in total. The number of H-pyrrole nitrogens is 1. The van der Waals surface area contributed by atoms with Crippen LogP contribution < -0.4 is 15.0 Å². The number of rotatable bonds is 4. The number of aromatic carboxylic acids is 1. The average Bonchev–Trinajstić information content (AvgIpc) is 3.31. The molecule has 7 nitrogen and oxygen atoms in total. The largest absolute Gasteiger partial charge is 0.477 e. The van der Waals surface area contributed by atoms with E-state index in [-0.39, 0.29) is 30.2 Å². The van der Waals surface area contributed by atoms with E-state index in [4.69, 9.17) is 21.1 Å². The highest BCUT2D eigenvalue weighted by molar-refractivity contribution is 6.31. The van der Waals surface area contributed by atoms with E-state index in [9.17, 15) is 19.1 Å². The van der Waals surface area contributed by atoms with Gasteiger partial charge in [-0.25, -0.2) is 9.18 Å². The van der Waals surface area contributed by atoms with Gasteiger partial charge in [0.1, 0.15) is 11.5 Å². The van der Waals surface area contributed by atoms with Crippen LogP contribution >= 0.6 is 11.6 Å². The van der Waals surface area contributed by atoms with Crippen LogP contribution in [-0.4, -0.2) is 27.4 Å². The number of carboxylic acids is 1. The van der Waals surface area contributed by atoms with Crippen LogP contribution in [-0.2, 0) is 6.54 Å². The lowest BCUT2D eigenvalue weighted by Crippen LogP contribution is -2.13. The lowest BCUT2D eigenvalue weighted by molar-refractivity contribution is 0.0687. The number of aromatic amines is 1. The highest BCUT2D eigenvalue weighted by Gasteiger charge is 2.27. The van der Waals surface area contributed by atoms with Crippen LogP contribution in [0, 0.1) is 12.7 Å². The van der Waals surface area contributed by atoms with Crippen LogP contribution in [0.25, 0.3) is 22.0 Å². The molecule has 0 saturated heterocycles. The van der Waals surface area contributed by atoms with Crippen molar-refractivity contribution >= 4 is 28.5 Å². The molecule has 0 spiro atoms. The monoisotopic (exact) mass is 454 g/mol. The van der Waals surface area contributed by atoms with Gasteiger partial charge < -0.3 is 24.1 Å². The number of fused-ring (bicyclic) bond motifs is 2. The van der Waals surface area contributed by atoms with Crippen molar-refractivity contribution in [3.63, 3.8) is 0 Å². The summed E-state index contributed by atoms with van der Waals surface area (Å²) in [7, 11) is 0. The molecule has 2 aromatic carbocycles. The fourth-order valence-corrected chi connectivity index (χ4v) is 4.22. The van der Waals surface area contributed by atoms with E-state index >= 15 is 0 Å². The van der Waals surface area contributed by atoms with Gasteiger partial charge in [-0.15, -0.1) is 0 Å². The van der Waals surface area contributed by atoms with Gasteiger partial charge in [0.25, 0.3) is 5.56 Å². The van der Waals surface area contributed by atoms with Gasteiger partial charge >= 0.3 is 5.97 Å². The van der Waals surface area contributed by atoms with E-state index < -0.39 is 17.3 Å². The second-order valence-corrected chi connectivity index (χ2v) is 7.85. The Hall–Kier alpha value is -3.78. The topological polar surface area (TPSA) is 93.6 Å². The van der Waals surface area contributed by atoms with Crippen LogP contribution in [0.2, 0.25) is 5.02 Å². The third-order valence-corrected chi connectivity index (χ3v) is 5.86. The maximum Gasteiger partial charge on any atom is 0.353 e. The summed E-state index contributed by atoms with van der Waals surface area (Å²) in [6.07, 6.45) is 1.46. The lowest BCUT2D eigenvalue weighted by atomic mass is 10.0. The van der Waals surface area contributed by atoms with Gasteiger partial charge in [0, 0.05) is 33.8 Å². The Morgan fingerprint density at radius 1 is 1.25 bits per heavy atom. The quantitative estimate of drug-likeness (QED) is 0.471.